The second-order valence-electron chi connectivity index (χ2n) is 2.99. The maximum Gasteiger partial charge on any atom is 0.127 e. The van der Waals surface area contributed by atoms with Crippen LogP contribution in [0.5, 0.6) is 11.5 Å². The van der Waals surface area contributed by atoms with Crippen molar-refractivity contribution in [2.75, 3.05) is 0 Å². The van der Waals surface area contributed by atoms with Crippen LogP contribution in [0.3, 0.4) is 0 Å². The van der Waals surface area contributed by atoms with Gasteiger partial charge in [0.2, 0.25) is 0 Å². The van der Waals surface area contributed by atoms with E-state index in [2.05, 4.69) is 0 Å². The van der Waals surface area contributed by atoms with Gasteiger partial charge in [-0.2, -0.15) is 0 Å². The minimum absolute atomic E-state index is 0.707. The molecular formula is C13H10O. The highest BCUT2D eigenvalue weighted by molar-refractivity contribution is 5.34. The number of rotatable bonds is 2. The van der Waals surface area contributed by atoms with Gasteiger partial charge in [-0.05, 0) is 36.8 Å². The molecule has 0 N–H and O–H groups in total. The summed E-state index contributed by atoms with van der Waals surface area (Å²) in [5.41, 5.74) is 0.707. The summed E-state index contributed by atoms with van der Waals surface area (Å²) < 4.78 is 5.58. The van der Waals surface area contributed by atoms with Gasteiger partial charge in [-0.15, -0.1) is 0 Å². The fraction of sp³-hybridized carbons (Fsp3) is 0. The van der Waals surface area contributed by atoms with Crippen LogP contribution in [-0.4, -0.2) is 0 Å². The van der Waals surface area contributed by atoms with Crippen LogP contribution < -0.4 is 4.74 Å². The number of hydrogen-bond donors (Lipinski definition) is 0. The molecule has 0 heterocycles. The number of benzene rings is 2. The molecule has 0 aromatic heterocycles. The number of para-hydroxylation sites is 1. The van der Waals surface area contributed by atoms with Crippen LogP contribution in [0.2, 0.25) is 0 Å². The highest BCUT2D eigenvalue weighted by Gasteiger charge is 1.95. The van der Waals surface area contributed by atoms with Gasteiger partial charge in [0.1, 0.15) is 11.5 Å². The molecule has 0 aliphatic carbocycles. The van der Waals surface area contributed by atoms with Crippen LogP contribution in [0.1, 0.15) is 5.56 Å². The van der Waals surface area contributed by atoms with E-state index in [1.807, 2.05) is 48.5 Å². The van der Waals surface area contributed by atoms with Gasteiger partial charge < -0.3 is 4.74 Å². The third-order valence-corrected chi connectivity index (χ3v) is 1.84. The van der Waals surface area contributed by atoms with E-state index in [1.54, 1.807) is 6.07 Å². The Bertz CT molecular complexity index is 407. The SMILES string of the molecule is [CH]c1cccc(Oc2ccccc2)c1. The topological polar surface area (TPSA) is 9.23 Å². The fourth-order valence-electron chi connectivity index (χ4n) is 1.20. The normalized spacial score (nSPS) is 9.79. The van der Waals surface area contributed by atoms with Crippen molar-refractivity contribution in [1.82, 2.24) is 0 Å². The van der Waals surface area contributed by atoms with Gasteiger partial charge in [-0.3, -0.25) is 0 Å². The van der Waals surface area contributed by atoms with Crippen LogP contribution in [0.15, 0.2) is 54.6 Å². The zero-order chi connectivity index (χ0) is 9.80. The van der Waals surface area contributed by atoms with Gasteiger partial charge >= 0.3 is 0 Å². The first-order chi connectivity index (χ1) is 6.84. The summed E-state index contributed by atoms with van der Waals surface area (Å²) in [6, 6.07) is 17.0. The van der Waals surface area contributed by atoms with E-state index in [4.69, 9.17) is 11.7 Å². The van der Waals surface area contributed by atoms with Crippen molar-refractivity contribution in [2.24, 2.45) is 0 Å². The Balaban J connectivity index is 2.19. The van der Waals surface area contributed by atoms with Crippen molar-refractivity contribution in [1.29, 1.82) is 0 Å². The van der Waals surface area contributed by atoms with Crippen LogP contribution in [0.4, 0.5) is 0 Å². The zero-order valence-electron chi connectivity index (χ0n) is 7.68. The molecule has 0 amide bonds. The highest BCUT2D eigenvalue weighted by Crippen LogP contribution is 2.21. The Kier molecular flexibility index (Phi) is 2.50. The molecule has 0 aliphatic heterocycles. The molecule has 2 rings (SSSR count). The summed E-state index contributed by atoms with van der Waals surface area (Å²) in [7, 11) is 0. The summed E-state index contributed by atoms with van der Waals surface area (Å²) in [5.74, 6) is 1.58. The van der Waals surface area contributed by atoms with Crippen LogP contribution in [0.25, 0.3) is 0 Å². The van der Waals surface area contributed by atoms with Crippen LogP contribution in [-0.2, 0) is 0 Å². The predicted octanol–water partition coefficient (Wildman–Crippen LogP) is 3.54. The molecule has 0 bridgehead atoms. The van der Waals surface area contributed by atoms with Crippen LogP contribution in [0, 0.1) is 6.92 Å². The lowest BCUT2D eigenvalue weighted by Gasteiger charge is -2.05. The first-order valence-electron chi connectivity index (χ1n) is 4.43. The first kappa shape index (κ1) is 8.82. The molecule has 2 radical (unpaired) electrons. The summed E-state index contributed by atoms with van der Waals surface area (Å²) in [4.78, 5) is 0. The molecule has 0 atom stereocenters. The van der Waals surface area contributed by atoms with Crippen molar-refractivity contribution in [3.63, 3.8) is 0 Å². The molecule has 2 aromatic rings. The van der Waals surface area contributed by atoms with Gasteiger partial charge in [0.25, 0.3) is 0 Å². The Morgan fingerprint density at radius 1 is 0.786 bits per heavy atom. The second-order valence-corrected chi connectivity index (χ2v) is 2.99. The van der Waals surface area contributed by atoms with Gasteiger partial charge in [-0.25, -0.2) is 0 Å². The summed E-state index contributed by atoms with van der Waals surface area (Å²) in [6.45, 7) is 5.63. The first-order valence-corrected chi connectivity index (χ1v) is 4.43. The standard InChI is InChI=1S/C13H10O/c1-11-6-5-9-13(10-11)14-12-7-3-2-4-8-12/h1-10H. The van der Waals surface area contributed by atoms with Crippen molar-refractivity contribution in [3.05, 3.63) is 67.1 Å². The largest absolute Gasteiger partial charge is 0.457 e. The smallest absolute Gasteiger partial charge is 0.127 e. The van der Waals surface area contributed by atoms with E-state index in [1.165, 1.54) is 0 Å². The van der Waals surface area contributed by atoms with E-state index in [9.17, 15) is 0 Å². The average Bonchev–Trinajstić information content (AvgIpc) is 2.19. The molecule has 1 heteroatoms. The van der Waals surface area contributed by atoms with E-state index in [0.29, 0.717) is 5.56 Å². The maximum absolute atomic E-state index is 5.63. The van der Waals surface area contributed by atoms with Crippen molar-refractivity contribution in [2.45, 2.75) is 0 Å². The van der Waals surface area contributed by atoms with Crippen molar-refractivity contribution in [3.8, 4) is 11.5 Å². The lowest BCUT2D eigenvalue weighted by Crippen LogP contribution is -1.83. The van der Waals surface area contributed by atoms with Crippen molar-refractivity contribution >= 4 is 0 Å². The van der Waals surface area contributed by atoms with Gasteiger partial charge in [0, 0.05) is 0 Å². The molecule has 0 saturated carbocycles. The molecule has 14 heavy (non-hydrogen) atoms. The molecule has 2 aromatic carbocycles. The van der Waals surface area contributed by atoms with Crippen molar-refractivity contribution < 1.29 is 4.74 Å². The maximum atomic E-state index is 5.63. The molecule has 0 saturated heterocycles. The lowest BCUT2D eigenvalue weighted by atomic mass is 10.2. The molecule has 0 unspecified atom stereocenters. The molecular weight excluding hydrogens is 172 g/mol. The molecule has 0 spiro atoms. The zero-order valence-corrected chi connectivity index (χ0v) is 7.68. The average molecular weight is 182 g/mol. The van der Waals surface area contributed by atoms with E-state index < -0.39 is 0 Å². The summed E-state index contributed by atoms with van der Waals surface area (Å²) in [6.07, 6.45) is 0. The lowest BCUT2D eigenvalue weighted by molar-refractivity contribution is 0.482. The number of hydrogen-bond acceptors (Lipinski definition) is 1. The Labute approximate surface area is 84.0 Å². The fourth-order valence-corrected chi connectivity index (χ4v) is 1.20. The third-order valence-electron chi connectivity index (χ3n) is 1.84. The Morgan fingerprint density at radius 2 is 1.50 bits per heavy atom. The van der Waals surface area contributed by atoms with E-state index >= 15 is 0 Å². The quantitative estimate of drug-likeness (QED) is 0.690. The minimum Gasteiger partial charge on any atom is -0.457 e. The van der Waals surface area contributed by atoms with Gasteiger partial charge in [-0.1, -0.05) is 30.3 Å². The summed E-state index contributed by atoms with van der Waals surface area (Å²) in [5, 5.41) is 0. The molecule has 0 fully saturated rings. The van der Waals surface area contributed by atoms with Crippen LogP contribution >= 0.6 is 0 Å². The molecule has 1 nitrogen and oxygen atoms in total. The minimum atomic E-state index is 0.707. The second kappa shape index (κ2) is 3.97. The summed E-state index contributed by atoms with van der Waals surface area (Å²) >= 11 is 0. The Morgan fingerprint density at radius 3 is 2.21 bits per heavy atom. The molecule has 68 valence electrons. The Hall–Kier alpha value is -1.76. The van der Waals surface area contributed by atoms with Gasteiger partial charge in [0.15, 0.2) is 0 Å². The third kappa shape index (κ3) is 2.13. The monoisotopic (exact) mass is 182 g/mol. The predicted molar refractivity (Wildman–Crippen MR) is 56.4 cm³/mol. The van der Waals surface area contributed by atoms with E-state index in [-0.39, 0.29) is 0 Å². The van der Waals surface area contributed by atoms with Gasteiger partial charge in [0.05, 0.1) is 0 Å². The highest BCUT2D eigenvalue weighted by atomic mass is 16.5. The molecule has 0 aliphatic rings. The number of ether oxygens (including phenoxy) is 1. The van der Waals surface area contributed by atoms with E-state index in [0.717, 1.165) is 11.5 Å².